The van der Waals surface area contributed by atoms with E-state index in [1.807, 2.05) is 0 Å². The van der Waals surface area contributed by atoms with Crippen molar-refractivity contribution in [2.75, 3.05) is 78.5 Å². The number of rotatable bonds is 8. The molecule has 0 aliphatic carbocycles. The average molecular weight is 772 g/mol. The zero-order chi connectivity index (χ0) is 26.8. The van der Waals surface area contributed by atoms with Gasteiger partial charge < -0.3 is 40.9 Å². The van der Waals surface area contributed by atoms with E-state index in [9.17, 15) is 0 Å². The fourth-order valence-corrected chi connectivity index (χ4v) is 5.12. The van der Waals surface area contributed by atoms with E-state index in [4.69, 9.17) is 48.9 Å². The average Bonchev–Trinajstić information content (AvgIpc) is 3.65. The van der Waals surface area contributed by atoms with Crippen molar-refractivity contribution in [3.05, 3.63) is 0 Å². The maximum Gasteiger partial charge on any atom is 0.169 e. The number of hydrogen-bond acceptors (Lipinski definition) is 4. The van der Waals surface area contributed by atoms with E-state index in [2.05, 4.69) is 68.6 Å². The summed E-state index contributed by atoms with van der Waals surface area (Å²) in [6.07, 6.45) is 4.73. The largest absolute Gasteiger partial charge is 0.361 e. The molecule has 4 aliphatic rings. The van der Waals surface area contributed by atoms with Crippen LogP contribution >= 0.6 is 48.9 Å². The molecule has 8 nitrogen and oxygen atoms in total. The number of nitrogens with one attached hydrogen (secondary N) is 4. The molecule has 0 atom stereocenters. The van der Waals surface area contributed by atoms with Crippen molar-refractivity contribution in [3.63, 3.8) is 0 Å². The van der Waals surface area contributed by atoms with E-state index in [-0.39, 0.29) is 21.1 Å². The van der Waals surface area contributed by atoms with Gasteiger partial charge in [0.2, 0.25) is 0 Å². The molecule has 0 radical (unpaired) electrons. The molecule has 13 heteroatoms. The predicted molar refractivity (Wildman–Crippen MR) is 170 cm³/mol. The first-order valence-electron chi connectivity index (χ1n) is 13.5. The van der Waals surface area contributed by atoms with Crippen LogP contribution in [-0.4, -0.2) is 119 Å². The summed E-state index contributed by atoms with van der Waals surface area (Å²) in [5.74, 6) is 0. The first-order chi connectivity index (χ1) is 17.4. The van der Waals surface area contributed by atoms with Crippen LogP contribution in [0.5, 0.6) is 0 Å². The molecular weight excluding hydrogens is 724 g/mol. The topological polar surface area (TPSA) is 61.1 Å². The number of nitrogens with zero attached hydrogens (tertiary/aromatic N) is 4. The molecule has 0 bridgehead atoms. The van der Waals surface area contributed by atoms with Crippen LogP contribution in [0.2, 0.25) is 0 Å². The third-order valence-electron chi connectivity index (χ3n) is 5.75. The van der Waals surface area contributed by atoms with Crippen molar-refractivity contribution in [2.24, 2.45) is 0 Å². The van der Waals surface area contributed by atoms with Gasteiger partial charge in [0.05, 0.1) is 0 Å². The molecule has 0 spiro atoms. The van der Waals surface area contributed by atoms with Gasteiger partial charge in [-0.3, -0.25) is 0 Å². The zero-order valence-corrected chi connectivity index (χ0v) is 28.6. The van der Waals surface area contributed by atoms with E-state index in [0.717, 1.165) is 99.0 Å². The quantitative estimate of drug-likeness (QED) is 0.275. The minimum absolute atomic E-state index is 0. The summed E-state index contributed by atoms with van der Waals surface area (Å²) in [6.45, 7) is 21.5. The van der Waals surface area contributed by atoms with Gasteiger partial charge in [-0.05, 0) is 74.6 Å². The SMILES string of the molecule is CCCN1CCNC1=S.CCCN1CCNC1=S.CCCN1CCNC1=S.CCCN1CCNC1=S.[Pt]. The molecule has 0 unspecified atom stereocenters. The Bertz CT molecular complexity index is 573. The molecule has 4 rings (SSSR count). The van der Waals surface area contributed by atoms with Gasteiger partial charge in [-0.15, -0.1) is 0 Å². The molecule has 0 aromatic heterocycles. The molecule has 218 valence electrons. The van der Waals surface area contributed by atoms with Gasteiger partial charge in [0.15, 0.2) is 20.4 Å². The van der Waals surface area contributed by atoms with Crippen molar-refractivity contribution in [1.82, 2.24) is 40.9 Å². The van der Waals surface area contributed by atoms with Crippen LogP contribution in [0.25, 0.3) is 0 Å². The zero-order valence-electron chi connectivity index (χ0n) is 23.1. The summed E-state index contributed by atoms with van der Waals surface area (Å²) in [7, 11) is 0. The standard InChI is InChI=1S/4C6H12N2S.Pt/c4*1-2-4-8-5-3-7-6(8)9;/h4*2-5H2,1H3,(H,7,9);. The minimum atomic E-state index is 0. The van der Waals surface area contributed by atoms with Crippen molar-refractivity contribution in [2.45, 2.75) is 53.4 Å². The maximum absolute atomic E-state index is 5.02. The van der Waals surface area contributed by atoms with Crippen LogP contribution in [0.15, 0.2) is 0 Å². The molecule has 0 saturated carbocycles. The Labute approximate surface area is 261 Å². The van der Waals surface area contributed by atoms with Crippen LogP contribution < -0.4 is 21.3 Å². The van der Waals surface area contributed by atoms with Crippen molar-refractivity contribution in [3.8, 4) is 0 Å². The molecule has 4 fully saturated rings. The van der Waals surface area contributed by atoms with Crippen LogP contribution in [0.1, 0.15) is 53.4 Å². The van der Waals surface area contributed by atoms with E-state index in [1.165, 1.54) is 25.7 Å². The van der Waals surface area contributed by atoms with Gasteiger partial charge in [0.25, 0.3) is 0 Å². The molecule has 4 aliphatic heterocycles. The van der Waals surface area contributed by atoms with Gasteiger partial charge in [-0.2, -0.15) is 0 Å². The van der Waals surface area contributed by atoms with E-state index >= 15 is 0 Å². The second kappa shape index (κ2) is 22.3. The summed E-state index contributed by atoms with van der Waals surface area (Å²) >= 11 is 20.1. The number of thiocarbonyl (C=S) groups is 4. The van der Waals surface area contributed by atoms with Gasteiger partial charge in [-0.1, -0.05) is 27.7 Å². The van der Waals surface area contributed by atoms with Crippen molar-refractivity contribution in [1.29, 1.82) is 0 Å². The monoisotopic (exact) mass is 771 g/mol. The maximum atomic E-state index is 5.02. The predicted octanol–water partition coefficient (Wildman–Crippen LogP) is 2.34. The van der Waals surface area contributed by atoms with Crippen molar-refractivity contribution >= 4 is 69.3 Å². The first kappa shape index (κ1) is 36.4. The Morgan fingerprint density at radius 3 is 0.757 bits per heavy atom. The number of hydrogen-bond donors (Lipinski definition) is 4. The van der Waals surface area contributed by atoms with Crippen LogP contribution in [0.3, 0.4) is 0 Å². The molecular formula is C24H48N8PtS4. The summed E-state index contributed by atoms with van der Waals surface area (Å²) < 4.78 is 0. The molecule has 4 N–H and O–H groups in total. The third-order valence-corrected chi connectivity index (χ3v) is 7.36. The summed E-state index contributed by atoms with van der Waals surface area (Å²) in [4.78, 5) is 8.81. The van der Waals surface area contributed by atoms with Crippen LogP contribution in [0, 0.1) is 0 Å². The molecule has 0 aromatic rings. The smallest absolute Gasteiger partial charge is 0.169 e. The Kier molecular flexibility index (Phi) is 22.0. The van der Waals surface area contributed by atoms with Gasteiger partial charge in [-0.25, -0.2) is 0 Å². The Morgan fingerprint density at radius 2 is 0.649 bits per heavy atom. The van der Waals surface area contributed by atoms with Crippen LogP contribution in [0.4, 0.5) is 0 Å². The van der Waals surface area contributed by atoms with Gasteiger partial charge in [0.1, 0.15) is 0 Å². The second-order valence-corrected chi connectivity index (χ2v) is 10.4. The third kappa shape index (κ3) is 15.0. The Morgan fingerprint density at radius 1 is 0.459 bits per heavy atom. The summed E-state index contributed by atoms with van der Waals surface area (Å²) in [5.41, 5.74) is 0. The summed E-state index contributed by atoms with van der Waals surface area (Å²) in [5, 5.41) is 16.2. The normalized spacial score (nSPS) is 17.8. The Hall–Kier alpha value is -0.552. The van der Waals surface area contributed by atoms with E-state index in [0.29, 0.717) is 0 Å². The molecule has 37 heavy (non-hydrogen) atoms. The van der Waals surface area contributed by atoms with E-state index < -0.39 is 0 Å². The first-order valence-corrected chi connectivity index (χ1v) is 15.1. The van der Waals surface area contributed by atoms with E-state index in [1.54, 1.807) is 0 Å². The molecule has 4 heterocycles. The molecule has 4 saturated heterocycles. The van der Waals surface area contributed by atoms with Gasteiger partial charge >= 0.3 is 0 Å². The molecule has 0 aromatic carbocycles. The Balaban J connectivity index is 0.000000463. The van der Waals surface area contributed by atoms with Crippen LogP contribution in [-0.2, 0) is 21.1 Å². The van der Waals surface area contributed by atoms with Gasteiger partial charge in [0, 0.05) is 99.6 Å². The fraction of sp³-hybridized carbons (Fsp3) is 0.833. The molecule has 0 amide bonds. The fourth-order valence-electron chi connectivity index (χ4n) is 3.98. The van der Waals surface area contributed by atoms with Crippen molar-refractivity contribution < 1.29 is 21.1 Å². The second-order valence-electron chi connectivity index (χ2n) is 8.88. The summed E-state index contributed by atoms with van der Waals surface area (Å²) in [6, 6.07) is 0. The minimum Gasteiger partial charge on any atom is -0.361 e.